The van der Waals surface area contributed by atoms with Crippen molar-refractivity contribution < 1.29 is 43.4 Å². The van der Waals surface area contributed by atoms with Gasteiger partial charge < -0.3 is 36.8 Å². The van der Waals surface area contributed by atoms with E-state index >= 15 is 0 Å². The third kappa shape index (κ3) is 11.6. The third-order valence-electron chi connectivity index (χ3n) is 10.1. The Hall–Kier alpha value is -6.04. The minimum absolute atomic E-state index is 0.00908. The van der Waals surface area contributed by atoms with Crippen LogP contribution in [0.3, 0.4) is 0 Å². The number of carbonyl (C=O) groups excluding carboxylic acids is 6. The number of Topliss-reactive ketones (excluding diaryl/α,β-unsaturated/α-hetero) is 2. The van der Waals surface area contributed by atoms with Gasteiger partial charge in [-0.15, -0.1) is 11.8 Å². The minimum atomic E-state index is -1.15. The number of ketones is 2. The molecule has 3 aromatic rings. The first-order valence-corrected chi connectivity index (χ1v) is 20.4. The molecule has 59 heavy (non-hydrogen) atoms. The summed E-state index contributed by atoms with van der Waals surface area (Å²) in [6.07, 6.45) is 4.28. The number of ether oxygens (including phenoxy) is 1. The molecule has 0 bridgehead atoms. The maximum Gasteiger partial charge on any atom is 0.306 e. The Bertz CT molecular complexity index is 2140. The number of allylic oxidation sites excluding steroid dienone is 1. The summed E-state index contributed by atoms with van der Waals surface area (Å²) in [5, 5.41) is 15.0. The molecule has 7 N–H and O–H groups in total. The molecule has 3 heterocycles. The summed E-state index contributed by atoms with van der Waals surface area (Å²) in [6, 6.07) is 9.43. The molecular weight excluding hydrogens is 781 g/mol. The van der Waals surface area contributed by atoms with E-state index in [4.69, 9.17) is 16.2 Å². The lowest BCUT2D eigenvalue weighted by molar-refractivity contribution is -0.147. The lowest BCUT2D eigenvalue weighted by Crippen LogP contribution is -2.70. The smallest absolute Gasteiger partial charge is 0.306 e. The predicted octanol–water partition coefficient (Wildman–Crippen LogP) is 3.36. The summed E-state index contributed by atoms with van der Waals surface area (Å²) in [7, 11) is 1.87. The van der Waals surface area contributed by atoms with Crippen LogP contribution in [0, 0.1) is 5.92 Å². The van der Waals surface area contributed by atoms with Crippen molar-refractivity contribution in [2.75, 3.05) is 42.3 Å². The lowest BCUT2D eigenvalue weighted by atomic mass is 9.94. The van der Waals surface area contributed by atoms with Crippen LogP contribution in [0.5, 0.6) is 0 Å². The number of benzene rings is 2. The summed E-state index contributed by atoms with van der Waals surface area (Å²) in [5.74, 6) is -3.86. The molecule has 0 saturated carbocycles. The second-order valence-electron chi connectivity index (χ2n) is 14.7. The topological polar surface area (TPSA) is 257 Å². The van der Waals surface area contributed by atoms with E-state index < -0.39 is 29.3 Å². The van der Waals surface area contributed by atoms with Crippen LogP contribution in [0.1, 0.15) is 81.3 Å². The molecule has 1 fully saturated rings. The molecular formula is C41H50N8O9S. The summed E-state index contributed by atoms with van der Waals surface area (Å²) in [6.45, 7) is 3.35. The van der Waals surface area contributed by atoms with Gasteiger partial charge in [0.05, 0.1) is 41.3 Å². The number of aliphatic carboxylic acids is 1. The molecule has 314 valence electrons. The summed E-state index contributed by atoms with van der Waals surface area (Å²) in [5.41, 5.74) is 16.7. The maximum atomic E-state index is 13.0. The lowest BCUT2D eigenvalue weighted by Gasteiger charge is -2.50. The van der Waals surface area contributed by atoms with Gasteiger partial charge in [0.15, 0.2) is 11.6 Å². The highest BCUT2D eigenvalue weighted by Crippen LogP contribution is 2.40. The Kier molecular flexibility index (Phi) is 15.0. The van der Waals surface area contributed by atoms with Crippen LogP contribution in [0.15, 0.2) is 53.9 Å². The van der Waals surface area contributed by atoms with Gasteiger partial charge in [-0.2, -0.15) is 0 Å². The van der Waals surface area contributed by atoms with Gasteiger partial charge in [0.25, 0.3) is 5.91 Å². The van der Waals surface area contributed by atoms with Crippen molar-refractivity contribution in [1.82, 2.24) is 25.5 Å². The highest BCUT2D eigenvalue weighted by molar-refractivity contribution is 8.00. The first kappa shape index (κ1) is 44.1. The van der Waals surface area contributed by atoms with E-state index in [0.717, 1.165) is 12.1 Å². The van der Waals surface area contributed by atoms with E-state index in [1.54, 1.807) is 42.6 Å². The number of esters is 1. The standard InChI is InChI=1S/C41H50N8O9S/c1-23(50)38-27(21-58-24(2)51)22-59-40-37(39(55)49(38)40)47-35(54)8-6-4-5-7-15-44-34(53)14-11-26(41(56)57)16-33(52)25-9-12-30(13-10-25)48(3)20-29-19-45-32-18-28(42)17-31(43)36(32)46-29/h9-10,12-13,17-19,26,37,40H,4-8,11,14-16,20-22,42-43H2,1-3H3,(H,44,53)(H,47,54)(H,56,57)/t26-,37-,40-/m1/s1. The zero-order valence-electron chi connectivity index (χ0n) is 33.3. The number of nitrogens with two attached hydrogens (primary N) is 2. The molecule has 0 unspecified atom stereocenters. The summed E-state index contributed by atoms with van der Waals surface area (Å²) >= 11 is 1.40. The van der Waals surface area contributed by atoms with Crippen molar-refractivity contribution >= 4 is 81.1 Å². The fraction of sp³-hybridized carbons (Fsp3) is 0.439. The number of rotatable bonds is 21. The van der Waals surface area contributed by atoms with Crippen molar-refractivity contribution in [3.63, 3.8) is 0 Å². The Labute approximate surface area is 345 Å². The highest BCUT2D eigenvalue weighted by Gasteiger charge is 2.53. The molecule has 2 aromatic carbocycles. The summed E-state index contributed by atoms with van der Waals surface area (Å²) in [4.78, 5) is 98.9. The van der Waals surface area contributed by atoms with Gasteiger partial charge in [0.2, 0.25) is 11.8 Å². The van der Waals surface area contributed by atoms with E-state index in [0.29, 0.717) is 77.3 Å². The molecule has 0 aliphatic carbocycles. The number of fused-ring (bicyclic) bond motifs is 2. The quantitative estimate of drug-likeness (QED) is 0.0339. The van der Waals surface area contributed by atoms with Gasteiger partial charge in [-0.1, -0.05) is 12.8 Å². The van der Waals surface area contributed by atoms with Crippen LogP contribution < -0.4 is 27.0 Å². The predicted molar refractivity (Wildman–Crippen MR) is 222 cm³/mol. The monoisotopic (exact) mass is 830 g/mol. The first-order valence-electron chi connectivity index (χ1n) is 19.4. The number of β-lactam (4-membered cyclic amide) rings is 1. The van der Waals surface area contributed by atoms with Crippen molar-refractivity contribution in [1.29, 1.82) is 0 Å². The maximum absolute atomic E-state index is 13.0. The van der Waals surface area contributed by atoms with Gasteiger partial charge >= 0.3 is 11.9 Å². The van der Waals surface area contributed by atoms with Gasteiger partial charge in [0, 0.05) is 75.0 Å². The van der Waals surface area contributed by atoms with Gasteiger partial charge in [-0.05, 0) is 55.7 Å². The normalized spacial score (nSPS) is 16.5. The Balaban J connectivity index is 0.959. The zero-order valence-corrected chi connectivity index (χ0v) is 34.1. The van der Waals surface area contributed by atoms with Gasteiger partial charge in [-0.3, -0.25) is 43.4 Å². The number of hydrogen-bond donors (Lipinski definition) is 5. The molecule has 17 nitrogen and oxygen atoms in total. The Morgan fingerprint density at radius 2 is 1.75 bits per heavy atom. The first-order chi connectivity index (χ1) is 28.1. The average molecular weight is 831 g/mol. The number of thioether (sulfide) groups is 1. The Morgan fingerprint density at radius 3 is 2.44 bits per heavy atom. The number of carboxylic acid groups (broad SMARTS) is 1. The van der Waals surface area contributed by atoms with E-state index in [-0.39, 0.29) is 67.3 Å². The van der Waals surface area contributed by atoms with Crippen molar-refractivity contribution in [3.8, 4) is 0 Å². The van der Waals surface area contributed by atoms with Gasteiger partial charge in [-0.25, -0.2) is 4.98 Å². The number of nitrogens with zero attached hydrogens (tertiary/aromatic N) is 4. The number of anilines is 3. The molecule has 1 saturated heterocycles. The number of aromatic nitrogens is 2. The fourth-order valence-corrected chi connectivity index (χ4v) is 8.27. The number of unbranched alkanes of at least 4 members (excludes halogenated alkanes) is 3. The molecule has 0 spiro atoms. The molecule has 5 rings (SSSR count). The summed E-state index contributed by atoms with van der Waals surface area (Å²) < 4.78 is 5.04. The van der Waals surface area contributed by atoms with Crippen molar-refractivity contribution in [3.05, 3.63) is 65.1 Å². The molecule has 18 heteroatoms. The van der Waals surface area contributed by atoms with Crippen LogP contribution in [0.4, 0.5) is 17.1 Å². The minimum Gasteiger partial charge on any atom is -0.481 e. The fourth-order valence-electron chi connectivity index (χ4n) is 6.95. The van der Waals surface area contributed by atoms with Crippen LogP contribution in [-0.4, -0.2) is 98.6 Å². The number of amides is 3. The van der Waals surface area contributed by atoms with E-state index in [1.807, 2.05) is 11.9 Å². The number of nitrogen functional groups attached to an aromatic ring is 2. The highest BCUT2D eigenvalue weighted by atomic mass is 32.2. The van der Waals surface area contributed by atoms with E-state index in [1.165, 1.54) is 30.5 Å². The third-order valence-corrected chi connectivity index (χ3v) is 11.4. The zero-order chi connectivity index (χ0) is 42.8. The molecule has 1 aromatic heterocycles. The number of nitrogens with one attached hydrogen (secondary N) is 2. The van der Waals surface area contributed by atoms with Crippen molar-refractivity contribution in [2.24, 2.45) is 5.92 Å². The molecule has 3 amide bonds. The van der Waals surface area contributed by atoms with E-state index in [9.17, 15) is 38.7 Å². The van der Waals surface area contributed by atoms with Gasteiger partial charge in [0.1, 0.15) is 23.5 Å². The van der Waals surface area contributed by atoms with Crippen LogP contribution in [0.25, 0.3) is 11.0 Å². The Morgan fingerprint density at radius 1 is 1.02 bits per heavy atom. The number of carboxylic acids is 1. The van der Waals surface area contributed by atoms with Crippen LogP contribution in [0.2, 0.25) is 0 Å². The average Bonchev–Trinajstić information content (AvgIpc) is 3.19. The number of carbonyl (C=O) groups is 7. The largest absolute Gasteiger partial charge is 0.481 e. The van der Waals surface area contributed by atoms with Crippen LogP contribution in [-0.2, 0) is 40.0 Å². The second-order valence-corrected chi connectivity index (χ2v) is 15.8. The van der Waals surface area contributed by atoms with Crippen molar-refractivity contribution in [2.45, 2.75) is 83.2 Å². The van der Waals surface area contributed by atoms with Crippen LogP contribution >= 0.6 is 11.8 Å². The SMILES string of the molecule is CC(=O)OCC1=C(C(C)=O)N2C(=O)[C@@H](NC(=O)CCCCCCNC(=O)CC[C@H](CC(=O)c3ccc(N(C)Cc4cnc5cc(N)cc(N)c5n4)cc3)C(=O)O)[C@H]2SC1. The molecule has 0 radical (unpaired) electrons. The second kappa shape index (κ2) is 20.1. The van der Waals surface area contributed by atoms with E-state index in [2.05, 4.69) is 20.6 Å². The number of hydrogen-bond acceptors (Lipinski definition) is 14. The molecule has 2 aliphatic rings. The molecule has 2 aliphatic heterocycles. The molecule has 3 atom stereocenters.